The summed E-state index contributed by atoms with van der Waals surface area (Å²) < 4.78 is 0. The van der Waals surface area contributed by atoms with Gasteiger partial charge in [-0.1, -0.05) is 13.3 Å². The lowest BCUT2D eigenvalue weighted by molar-refractivity contribution is -0.123. The lowest BCUT2D eigenvalue weighted by Gasteiger charge is -2.33. The third-order valence-electron chi connectivity index (χ3n) is 4.68. The zero-order valence-electron chi connectivity index (χ0n) is 12.5. The Labute approximate surface area is 117 Å². The molecule has 2 saturated heterocycles. The minimum absolute atomic E-state index is 0.0360. The molecule has 2 aliphatic heterocycles. The van der Waals surface area contributed by atoms with E-state index >= 15 is 0 Å². The van der Waals surface area contributed by atoms with Gasteiger partial charge in [-0.05, 0) is 51.6 Å². The summed E-state index contributed by atoms with van der Waals surface area (Å²) in [5.74, 6) is 0.666. The molecule has 0 aliphatic carbocycles. The van der Waals surface area contributed by atoms with Crippen LogP contribution in [0.3, 0.4) is 0 Å². The van der Waals surface area contributed by atoms with Crippen LogP contribution in [0.2, 0.25) is 0 Å². The monoisotopic (exact) mass is 267 g/mol. The van der Waals surface area contributed by atoms with Crippen molar-refractivity contribution >= 4 is 5.91 Å². The molecule has 0 aromatic rings. The second kappa shape index (κ2) is 7.25. The van der Waals surface area contributed by atoms with Crippen molar-refractivity contribution in [2.24, 2.45) is 5.92 Å². The van der Waals surface area contributed by atoms with E-state index in [1.165, 1.54) is 25.8 Å². The van der Waals surface area contributed by atoms with Crippen LogP contribution in [0.1, 0.15) is 46.0 Å². The van der Waals surface area contributed by atoms with Crippen LogP contribution in [-0.2, 0) is 4.79 Å². The normalized spacial score (nSPS) is 32.4. The van der Waals surface area contributed by atoms with E-state index in [-0.39, 0.29) is 11.9 Å². The fraction of sp³-hybridized carbons (Fsp3) is 0.933. The van der Waals surface area contributed by atoms with Crippen LogP contribution < -0.4 is 10.6 Å². The topological polar surface area (TPSA) is 44.4 Å². The van der Waals surface area contributed by atoms with Crippen molar-refractivity contribution in [2.45, 2.75) is 58.0 Å². The third-order valence-corrected chi connectivity index (χ3v) is 4.68. The first-order valence-corrected chi connectivity index (χ1v) is 7.93. The summed E-state index contributed by atoms with van der Waals surface area (Å²) >= 11 is 0. The third kappa shape index (κ3) is 4.18. The summed E-state index contributed by atoms with van der Waals surface area (Å²) in [6.07, 6.45) is 6.22. The standard InChI is InChI=1S/C15H29N3O/c1-12-7-9-16-14(12)15(19)17-8-5-11-18-10-4-3-6-13(18)2/h12-14,16H,3-11H2,1-2H3,(H,17,19). The van der Waals surface area contributed by atoms with E-state index in [0.29, 0.717) is 5.92 Å². The van der Waals surface area contributed by atoms with Gasteiger partial charge in [-0.25, -0.2) is 0 Å². The quantitative estimate of drug-likeness (QED) is 0.739. The van der Waals surface area contributed by atoms with Crippen LogP contribution in [-0.4, -0.2) is 49.1 Å². The van der Waals surface area contributed by atoms with Crippen molar-refractivity contribution < 1.29 is 4.79 Å². The highest BCUT2D eigenvalue weighted by Crippen LogP contribution is 2.16. The number of carbonyl (C=O) groups is 1. The smallest absolute Gasteiger partial charge is 0.237 e. The minimum Gasteiger partial charge on any atom is -0.355 e. The van der Waals surface area contributed by atoms with Crippen molar-refractivity contribution in [1.82, 2.24) is 15.5 Å². The molecule has 4 heteroatoms. The van der Waals surface area contributed by atoms with E-state index < -0.39 is 0 Å². The molecule has 110 valence electrons. The average molecular weight is 267 g/mol. The fourth-order valence-corrected chi connectivity index (χ4v) is 3.28. The number of rotatable bonds is 5. The number of amides is 1. The number of nitrogens with zero attached hydrogens (tertiary/aromatic N) is 1. The Morgan fingerprint density at radius 3 is 2.84 bits per heavy atom. The van der Waals surface area contributed by atoms with Crippen molar-refractivity contribution in [3.05, 3.63) is 0 Å². The van der Waals surface area contributed by atoms with Crippen molar-refractivity contribution in [3.63, 3.8) is 0 Å². The first kappa shape index (κ1) is 14.8. The molecular weight excluding hydrogens is 238 g/mol. The molecule has 19 heavy (non-hydrogen) atoms. The first-order chi connectivity index (χ1) is 9.18. The van der Waals surface area contributed by atoms with Crippen LogP contribution in [0.25, 0.3) is 0 Å². The van der Waals surface area contributed by atoms with Crippen LogP contribution in [0.15, 0.2) is 0 Å². The highest BCUT2D eigenvalue weighted by Gasteiger charge is 2.28. The Morgan fingerprint density at radius 2 is 2.16 bits per heavy atom. The molecule has 4 nitrogen and oxygen atoms in total. The van der Waals surface area contributed by atoms with Crippen LogP contribution >= 0.6 is 0 Å². The fourth-order valence-electron chi connectivity index (χ4n) is 3.28. The van der Waals surface area contributed by atoms with Crippen molar-refractivity contribution in [3.8, 4) is 0 Å². The van der Waals surface area contributed by atoms with Gasteiger partial charge >= 0.3 is 0 Å². The lowest BCUT2D eigenvalue weighted by atomic mass is 10.0. The second-order valence-electron chi connectivity index (χ2n) is 6.22. The number of nitrogens with one attached hydrogen (secondary N) is 2. The number of likely N-dealkylation sites (tertiary alicyclic amines) is 1. The van der Waals surface area contributed by atoms with Gasteiger partial charge in [0.2, 0.25) is 5.91 Å². The summed E-state index contributed by atoms with van der Waals surface area (Å²) in [5, 5.41) is 6.36. The molecule has 0 radical (unpaired) electrons. The van der Waals surface area contributed by atoms with Crippen LogP contribution in [0, 0.1) is 5.92 Å². The molecular formula is C15H29N3O. The van der Waals surface area contributed by atoms with Crippen LogP contribution in [0.5, 0.6) is 0 Å². The van der Waals surface area contributed by atoms with Gasteiger partial charge in [0.25, 0.3) is 0 Å². The lowest BCUT2D eigenvalue weighted by Crippen LogP contribution is -2.44. The Kier molecular flexibility index (Phi) is 5.64. The van der Waals surface area contributed by atoms with E-state index in [1.54, 1.807) is 0 Å². The van der Waals surface area contributed by atoms with Gasteiger partial charge in [0.15, 0.2) is 0 Å². The number of piperidine rings is 1. The van der Waals surface area contributed by atoms with E-state index in [4.69, 9.17) is 0 Å². The van der Waals surface area contributed by atoms with Gasteiger partial charge in [0.05, 0.1) is 6.04 Å². The van der Waals surface area contributed by atoms with Gasteiger partial charge in [-0.2, -0.15) is 0 Å². The van der Waals surface area contributed by atoms with E-state index in [2.05, 4.69) is 29.4 Å². The molecule has 2 fully saturated rings. The van der Waals surface area contributed by atoms with Crippen molar-refractivity contribution in [1.29, 1.82) is 0 Å². The summed E-state index contributed by atoms with van der Waals surface area (Å²) in [6, 6.07) is 0.759. The molecule has 2 rings (SSSR count). The molecule has 3 unspecified atom stereocenters. The number of hydrogen-bond donors (Lipinski definition) is 2. The molecule has 0 saturated carbocycles. The predicted molar refractivity (Wildman–Crippen MR) is 78.1 cm³/mol. The second-order valence-corrected chi connectivity index (χ2v) is 6.22. The first-order valence-electron chi connectivity index (χ1n) is 7.93. The highest BCUT2D eigenvalue weighted by molar-refractivity contribution is 5.82. The summed E-state index contributed by atoms with van der Waals surface area (Å²) in [7, 11) is 0. The van der Waals surface area contributed by atoms with Crippen LogP contribution in [0.4, 0.5) is 0 Å². The maximum absolute atomic E-state index is 12.0. The molecule has 1 amide bonds. The summed E-state index contributed by atoms with van der Waals surface area (Å²) in [6.45, 7) is 8.62. The Hall–Kier alpha value is -0.610. The van der Waals surface area contributed by atoms with Gasteiger partial charge < -0.3 is 15.5 Å². The largest absolute Gasteiger partial charge is 0.355 e. The molecule has 2 heterocycles. The van der Waals surface area contributed by atoms with E-state index in [9.17, 15) is 4.79 Å². The van der Waals surface area contributed by atoms with Crippen molar-refractivity contribution in [2.75, 3.05) is 26.2 Å². The molecule has 2 N–H and O–H groups in total. The Balaban J connectivity index is 1.59. The SMILES string of the molecule is CC1CCNC1C(=O)NCCCN1CCCCC1C. The van der Waals surface area contributed by atoms with Gasteiger partial charge in [-0.3, -0.25) is 4.79 Å². The molecule has 0 spiro atoms. The van der Waals surface area contributed by atoms with E-state index in [1.807, 2.05) is 0 Å². The predicted octanol–water partition coefficient (Wildman–Crippen LogP) is 1.37. The minimum atomic E-state index is 0.0360. The molecule has 3 atom stereocenters. The Morgan fingerprint density at radius 1 is 1.32 bits per heavy atom. The van der Waals surface area contributed by atoms with Gasteiger partial charge in [-0.15, -0.1) is 0 Å². The summed E-state index contributed by atoms with van der Waals surface area (Å²) in [4.78, 5) is 14.5. The highest BCUT2D eigenvalue weighted by atomic mass is 16.2. The zero-order chi connectivity index (χ0) is 13.7. The van der Waals surface area contributed by atoms with Gasteiger partial charge in [0, 0.05) is 19.1 Å². The molecule has 0 aromatic heterocycles. The molecule has 0 bridgehead atoms. The average Bonchev–Trinajstić information content (AvgIpc) is 2.82. The number of hydrogen-bond acceptors (Lipinski definition) is 3. The molecule has 2 aliphatic rings. The maximum atomic E-state index is 12.0. The zero-order valence-corrected chi connectivity index (χ0v) is 12.5. The molecule has 0 aromatic carbocycles. The van der Waals surface area contributed by atoms with E-state index in [0.717, 1.165) is 38.5 Å². The Bertz CT molecular complexity index is 295. The van der Waals surface area contributed by atoms with Gasteiger partial charge in [0.1, 0.15) is 0 Å². The number of carbonyl (C=O) groups excluding carboxylic acids is 1. The maximum Gasteiger partial charge on any atom is 0.237 e. The summed E-state index contributed by atoms with van der Waals surface area (Å²) in [5.41, 5.74) is 0.